The van der Waals surface area contributed by atoms with E-state index in [0.717, 1.165) is 41.7 Å². The number of halogens is 1. The van der Waals surface area contributed by atoms with E-state index in [0.29, 0.717) is 12.3 Å². The molecule has 1 saturated heterocycles. The Labute approximate surface area is 143 Å². The minimum atomic E-state index is 0. The van der Waals surface area contributed by atoms with Crippen molar-refractivity contribution in [2.75, 3.05) is 20.2 Å². The van der Waals surface area contributed by atoms with Gasteiger partial charge in [0.25, 0.3) is 0 Å². The molecule has 0 saturated carbocycles. The highest BCUT2D eigenvalue weighted by molar-refractivity contribution is 6.07. The van der Waals surface area contributed by atoms with Crippen molar-refractivity contribution >= 4 is 29.1 Å². The molecule has 4 nitrogen and oxygen atoms in total. The maximum Gasteiger partial charge on any atom is 0.163 e. The molecule has 0 aliphatic carbocycles. The quantitative estimate of drug-likeness (QED) is 0.848. The molecule has 124 valence electrons. The summed E-state index contributed by atoms with van der Waals surface area (Å²) in [6, 6.07) is 7.49. The predicted octanol–water partition coefficient (Wildman–Crippen LogP) is 3.63. The molecule has 2 aromatic rings. The second-order valence-electron chi connectivity index (χ2n) is 5.92. The maximum atomic E-state index is 12.6. The van der Waals surface area contributed by atoms with Gasteiger partial charge in [0.15, 0.2) is 5.78 Å². The topological polar surface area (TPSA) is 51.2 Å². The van der Waals surface area contributed by atoms with Gasteiger partial charge in [0, 0.05) is 23.6 Å². The van der Waals surface area contributed by atoms with Gasteiger partial charge in [-0.3, -0.25) is 9.78 Å². The SMILES string of the molecule is COc1ccc2nccc(C(=O)CCC3CCCNC3)c2c1.Cl. The molecule has 1 unspecified atom stereocenters. The summed E-state index contributed by atoms with van der Waals surface area (Å²) in [6.45, 7) is 2.15. The third-order valence-electron chi connectivity index (χ3n) is 4.43. The molecule has 0 bridgehead atoms. The predicted molar refractivity (Wildman–Crippen MR) is 94.7 cm³/mol. The van der Waals surface area contributed by atoms with Gasteiger partial charge in [-0.15, -0.1) is 12.4 Å². The number of fused-ring (bicyclic) bond motifs is 1. The number of aromatic nitrogens is 1. The van der Waals surface area contributed by atoms with Crippen LogP contribution in [-0.4, -0.2) is 31.0 Å². The van der Waals surface area contributed by atoms with Gasteiger partial charge < -0.3 is 10.1 Å². The van der Waals surface area contributed by atoms with E-state index < -0.39 is 0 Å². The first kappa shape index (κ1) is 17.7. The lowest BCUT2D eigenvalue weighted by Gasteiger charge is -2.22. The minimum absolute atomic E-state index is 0. The van der Waals surface area contributed by atoms with Crippen LogP contribution in [0.4, 0.5) is 0 Å². The summed E-state index contributed by atoms with van der Waals surface area (Å²) in [6.07, 6.45) is 5.71. The minimum Gasteiger partial charge on any atom is -0.497 e. The van der Waals surface area contributed by atoms with Crippen molar-refractivity contribution in [2.24, 2.45) is 5.92 Å². The number of carbonyl (C=O) groups is 1. The van der Waals surface area contributed by atoms with E-state index in [2.05, 4.69) is 10.3 Å². The van der Waals surface area contributed by atoms with Crippen LogP contribution in [0.25, 0.3) is 10.9 Å². The standard InChI is InChI=1S/C18H22N2O2.ClH/c1-22-14-5-6-17-16(11-14)15(8-10-20-17)18(21)7-4-13-3-2-9-19-12-13;/h5-6,8,10-11,13,19H,2-4,7,9,12H2,1H3;1H. The van der Waals surface area contributed by atoms with Gasteiger partial charge in [-0.05, 0) is 62.5 Å². The fourth-order valence-corrected chi connectivity index (χ4v) is 3.14. The van der Waals surface area contributed by atoms with Crippen molar-refractivity contribution in [3.63, 3.8) is 0 Å². The fraction of sp³-hybridized carbons (Fsp3) is 0.444. The average Bonchev–Trinajstić information content (AvgIpc) is 2.59. The fourth-order valence-electron chi connectivity index (χ4n) is 3.14. The number of ether oxygens (including phenoxy) is 1. The Morgan fingerprint density at radius 1 is 1.39 bits per heavy atom. The molecular formula is C18H23ClN2O2. The second-order valence-corrected chi connectivity index (χ2v) is 5.92. The number of rotatable bonds is 5. The van der Waals surface area contributed by atoms with Crippen LogP contribution in [0, 0.1) is 5.92 Å². The van der Waals surface area contributed by atoms with E-state index in [1.54, 1.807) is 13.3 Å². The van der Waals surface area contributed by atoms with Crippen LogP contribution in [0.15, 0.2) is 30.5 Å². The largest absolute Gasteiger partial charge is 0.497 e. The molecule has 1 aromatic carbocycles. The van der Waals surface area contributed by atoms with Crippen molar-refractivity contribution < 1.29 is 9.53 Å². The van der Waals surface area contributed by atoms with Crippen molar-refractivity contribution in [1.82, 2.24) is 10.3 Å². The normalized spacial score (nSPS) is 17.5. The Hall–Kier alpha value is -1.65. The van der Waals surface area contributed by atoms with Crippen LogP contribution in [0.1, 0.15) is 36.0 Å². The molecule has 23 heavy (non-hydrogen) atoms. The zero-order valence-electron chi connectivity index (χ0n) is 13.4. The molecule has 3 rings (SSSR count). The second kappa shape index (κ2) is 8.27. The summed E-state index contributed by atoms with van der Waals surface area (Å²) in [5.41, 5.74) is 1.60. The van der Waals surface area contributed by atoms with Gasteiger partial charge in [-0.1, -0.05) is 0 Å². The lowest BCUT2D eigenvalue weighted by Crippen LogP contribution is -2.30. The molecule has 0 spiro atoms. The van der Waals surface area contributed by atoms with E-state index in [-0.39, 0.29) is 18.2 Å². The highest BCUT2D eigenvalue weighted by atomic mass is 35.5. The molecule has 1 aliphatic heterocycles. The number of piperidine rings is 1. The highest BCUT2D eigenvalue weighted by Gasteiger charge is 2.17. The average molecular weight is 335 g/mol. The number of hydrogen-bond donors (Lipinski definition) is 1. The maximum absolute atomic E-state index is 12.6. The first-order valence-corrected chi connectivity index (χ1v) is 7.94. The van der Waals surface area contributed by atoms with Crippen LogP contribution >= 0.6 is 12.4 Å². The Kier molecular flexibility index (Phi) is 6.37. The molecule has 5 heteroatoms. The molecule has 0 radical (unpaired) electrons. The molecular weight excluding hydrogens is 312 g/mol. The van der Waals surface area contributed by atoms with Crippen LogP contribution in [0.2, 0.25) is 0 Å². The molecule has 0 amide bonds. The number of Topliss-reactive ketones (excluding diaryl/α,β-unsaturated/α-hetero) is 1. The smallest absolute Gasteiger partial charge is 0.163 e. The Bertz CT molecular complexity index is 669. The zero-order valence-corrected chi connectivity index (χ0v) is 14.2. The number of ketones is 1. The van der Waals surface area contributed by atoms with E-state index in [1.165, 1.54) is 12.8 Å². The Balaban J connectivity index is 0.00000192. The van der Waals surface area contributed by atoms with Gasteiger partial charge in [0.05, 0.1) is 12.6 Å². The number of pyridine rings is 1. The van der Waals surface area contributed by atoms with Gasteiger partial charge in [-0.25, -0.2) is 0 Å². The molecule has 1 N–H and O–H groups in total. The third-order valence-corrected chi connectivity index (χ3v) is 4.43. The van der Waals surface area contributed by atoms with Crippen LogP contribution < -0.4 is 10.1 Å². The van der Waals surface area contributed by atoms with Crippen molar-refractivity contribution in [3.05, 3.63) is 36.0 Å². The zero-order chi connectivity index (χ0) is 15.4. The Morgan fingerprint density at radius 3 is 3.00 bits per heavy atom. The third kappa shape index (κ3) is 4.21. The number of methoxy groups -OCH3 is 1. The summed E-state index contributed by atoms with van der Waals surface area (Å²) >= 11 is 0. The summed E-state index contributed by atoms with van der Waals surface area (Å²) < 4.78 is 5.26. The van der Waals surface area contributed by atoms with E-state index >= 15 is 0 Å². The lowest BCUT2D eigenvalue weighted by molar-refractivity contribution is 0.0973. The molecule has 1 aromatic heterocycles. The number of benzene rings is 1. The lowest BCUT2D eigenvalue weighted by atomic mass is 9.92. The number of nitrogens with zero attached hydrogens (tertiary/aromatic N) is 1. The van der Waals surface area contributed by atoms with Crippen LogP contribution in [0.5, 0.6) is 5.75 Å². The van der Waals surface area contributed by atoms with Gasteiger partial charge >= 0.3 is 0 Å². The van der Waals surface area contributed by atoms with E-state index in [4.69, 9.17) is 4.74 Å². The monoisotopic (exact) mass is 334 g/mol. The van der Waals surface area contributed by atoms with E-state index in [9.17, 15) is 4.79 Å². The summed E-state index contributed by atoms with van der Waals surface area (Å²) in [4.78, 5) is 16.9. The number of carbonyl (C=O) groups excluding carboxylic acids is 1. The first-order chi connectivity index (χ1) is 10.8. The first-order valence-electron chi connectivity index (χ1n) is 7.94. The van der Waals surface area contributed by atoms with Gasteiger partial charge in [-0.2, -0.15) is 0 Å². The summed E-state index contributed by atoms with van der Waals surface area (Å²) in [5.74, 6) is 1.58. The number of hydrogen-bond acceptors (Lipinski definition) is 4. The Morgan fingerprint density at radius 2 is 2.26 bits per heavy atom. The van der Waals surface area contributed by atoms with Gasteiger partial charge in [0.2, 0.25) is 0 Å². The van der Waals surface area contributed by atoms with Crippen molar-refractivity contribution in [2.45, 2.75) is 25.7 Å². The van der Waals surface area contributed by atoms with Crippen molar-refractivity contribution in [3.8, 4) is 5.75 Å². The van der Waals surface area contributed by atoms with Crippen LogP contribution in [0.3, 0.4) is 0 Å². The number of nitrogens with one attached hydrogen (secondary N) is 1. The molecule has 1 atom stereocenters. The van der Waals surface area contributed by atoms with E-state index in [1.807, 2.05) is 24.3 Å². The summed E-state index contributed by atoms with van der Waals surface area (Å²) in [7, 11) is 1.63. The molecule has 1 fully saturated rings. The van der Waals surface area contributed by atoms with Crippen molar-refractivity contribution in [1.29, 1.82) is 0 Å². The summed E-state index contributed by atoms with van der Waals surface area (Å²) in [5, 5.41) is 4.29. The van der Waals surface area contributed by atoms with Crippen LogP contribution in [-0.2, 0) is 0 Å². The molecule has 2 heterocycles. The van der Waals surface area contributed by atoms with Gasteiger partial charge in [0.1, 0.15) is 5.75 Å². The highest BCUT2D eigenvalue weighted by Crippen LogP contribution is 2.25. The molecule has 1 aliphatic rings.